The molecule has 6 heteroatoms. The minimum atomic E-state index is -0.297. The molecule has 0 unspecified atom stereocenters. The zero-order chi connectivity index (χ0) is 12.8. The van der Waals surface area contributed by atoms with Crippen molar-refractivity contribution in [3.63, 3.8) is 0 Å². The van der Waals surface area contributed by atoms with Crippen LogP contribution in [0.3, 0.4) is 0 Å². The normalized spacial score (nSPS) is 11.4. The Balaban J connectivity index is 0.00000289. The van der Waals surface area contributed by atoms with Crippen molar-refractivity contribution < 1.29 is 19.3 Å². The van der Waals surface area contributed by atoms with Gasteiger partial charge in [0.15, 0.2) is 11.5 Å². The van der Waals surface area contributed by atoms with Crippen molar-refractivity contribution in [2.24, 2.45) is 5.73 Å². The number of hydrogen-bond acceptors (Lipinski definition) is 5. The van der Waals surface area contributed by atoms with Crippen LogP contribution in [0.4, 0.5) is 0 Å². The van der Waals surface area contributed by atoms with Crippen LogP contribution in [-0.4, -0.2) is 33.0 Å². The molecular formula is C12H20ClNO4. The number of aliphatic hydroxyl groups excluding tert-OH is 1. The fourth-order valence-electron chi connectivity index (χ4n) is 1.64. The van der Waals surface area contributed by atoms with E-state index < -0.39 is 0 Å². The number of halogens is 1. The van der Waals surface area contributed by atoms with Gasteiger partial charge in [0.05, 0.1) is 21.3 Å². The first-order valence-corrected chi connectivity index (χ1v) is 5.34. The summed E-state index contributed by atoms with van der Waals surface area (Å²) < 4.78 is 15.6. The third kappa shape index (κ3) is 3.66. The zero-order valence-corrected chi connectivity index (χ0v) is 11.6. The summed E-state index contributed by atoms with van der Waals surface area (Å²) in [5, 5.41) is 8.91. The van der Waals surface area contributed by atoms with Crippen LogP contribution in [-0.2, 0) is 0 Å². The minimum Gasteiger partial charge on any atom is -0.496 e. The number of nitrogens with two attached hydrogens (primary N) is 1. The predicted octanol–water partition coefficient (Wildman–Crippen LogP) is 1.52. The lowest BCUT2D eigenvalue weighted by Gasteiger charge is -2.18. The standard InChI is InChI=1S/C12H19NO4.ClH/c1-15-10-7-12(17-3)11(16-2)6-8(10)9(13)4-5-14;/h6-7,9,14H,4-5,13H2,1-3H3;1H/t9-;/m0./s1. The Bertz CT molecular complexity index is 373. The molecule has 0 aliphatic heterocycles. The maximum atomic E-state index is 8.91. The molecule has 0 aromatic heterocycles. The molecule has 3 N–H and O–H groups in total. The lowest BCUT2D eigenvalue weighted by Crippen LogP contribution is -2.13. The Morgan fingerprint density at radius 3 is 2.00 bits per heavy atom. The number of benzene rings is 1. The minimum absolute atomic E-state index is 0. The zero-order valence-electron chi connectivity index (χ0n) is 10.8. The van der Waals surface area contributed by atoms with Crippen LogP contribution < -0.4 is 19.9 Å². The van der Waals surface area contributed by atoms with Crippen LogP contribution in [0, 0.1) is 0 Å². The monoisotopic (exact) mass is 277 g/mol. The van der Waals surface area contributed by atoms with E-state index in [0.717, 1.165) is 5.56 Å². The largest absolute Gasteiger partial charge is 0.496 e. The van der Waals surface area contributed by atoms with Gasteiger partial charge in [-0.15, -0.1) is 12.4 Å². The summed E-state index contributed by atoms with van der Waals surface area (Å²) in [5.41, 5.74) is 6.75. The molecule has 0 aliphatic carbocycles. The number of aliphatic hydroxyl groups is 1. The molecule has 0 bridgehead atoms. The average molecular weight is 278 g/mol. The van der Waals surface area contributed by atoms with Gasteiger partial charge in [-0.2, -0.15) is 0 Å². The summed E-state index contributed by atoms with van der Waals surface area (Å²) in [6, 6.07) is 3.21. The molecule has 0 spiro atoms. The summed E-state index contributed by atoms with van der Waals surface area (Å²) in [7, 11) is 4.69. The van der Waals surface area contributed by atoms with E-state index in [4.69, 9.17) is 25.1 Å². The summed E-state index contributed by atoms with van der Waals surface area (Å²) in [4.78, 5) is 0. The van der Waals surface area contributed by atoms with E-state index in [2.05, 4.69) is 0 Å². The Morgan fingerprint density at radius 2 is 1.56 bits per heavy atom. The molecule has 5 nitrogen and oxygen atoms in total. The fourth-order valence-corrected chi connectivity index (χ4v) is 1.64. The Labute approximate surface area is 113 Å². The molecule has 0 fully saturated rings. The van der Waals surface area contributed by atoms with Gasteiger partial charge in [0.25, 0.3) is 0 Å². The van der Waals surface area contributed by atoms with Crippen molar-refractivity contribution in [1.29, 1.82) is 0 Å². The maximum absolute atomic E-state index is 8.91. The highest BCUT2D eigenvalue weighted by Crippen LogP contribution is 2.37. The topological polar surface area (TPSA) is 73.9 Å². The van der Waals surface area contributed by atoms with E-state index in [1.165, 1.54) is 0 Å². The number of hydrogen-bond donors (Lipinski definition) is 2. The molecule has 0 amide bonds. The third-order valence-corrected chi connectivity index (χ3v) is 2.58. The molecule has 104 valence electrons. The highest BCUT2D eigenvalue weighted by atomic mass is 35.5. The summed E-state index contributed by atoms with van der Waals surface area (Å²) in [5.74, 6) is 1.81. The second-order valence-corrected chi connectivity index (χ2v) is 3.57. The van der Waals surface area contributed by atoms with Crippen molar-refractivity contribution in [3.8, 4) is 17.2 Å². The van der Waals surface area contributed by atoms with Crippen LogP contribution in [0.2, 0.25) is 0 Å². The van der Waals surface area contributed by atoms with Gasteiger partial charge in [0, 0.05) is 24.3 Å². The van der Waals surface area contributed by atoms with Gasteiger partial charge in [-0.25, -0.2) is 0 Å². The molecule has 0 heterocycles. The first-order chi connectivity index (χ1) is 8.17. The SMILES string of the molecule is COc1cc(OC)c([C@@H](N)CCO)cc1OC.Cl. The first kappa shape index (κ1) is 16.8. The predicted molar refractivity (Wildman–Crippen MR) is 72.0 cm³/mol. The van der Waals surface area contributed by atoms with Crippen LogP contribution in [0.25, 0.3) is 0 Å². The molecule has 0 aliphatic rings. The number of rotatable bonds is 6. The van der Waals surface area contributed by atoms with E-state index in [-0.39, 0.29) is 25.1 Å². The lowest BCUT2D eigenvalue weighted by atomic mass is 10.0. The highest BCUT2D eigenvalue weighted by molar-refractivity contribution is 5.85. The van der Waals surface area contributed by atoms with E-state index in [0.29, 0.717) is 23.7 Å². The third-order valence-electron chi connectivity index (χ3n) is 2.58. The van der Waals surface area contributed by atoms with Crippen LogP contribution in [0.5, 0.6) is 17.2 Å². The van der Waals surface area contributed by atoms with Gasteiger partial charge >= 0.3 is 0 Å². The molecule has 1 rings (SSSR count). The van der Waals surface area contributed by atoms with Crippen molar-refractivity contribution in [1.82, 2.24) is 0 Å². The molecular weight excluding hydrogens is 258 g/mol. The second-order valence-electron chi connectivity index (χ2n) is 3.57. The molecule has 0 saturated heterocycles. The second kappa shape index (κ2) is 8.02. The highest BCUT2D eigenvalue weighted by Gasteiger charge is 2.16. The molecule has 0 radical (unpaired) electrons. The maximum Gasteiger partial charge on any atom is 0.164 e. The molecule has 1 atom stereocenters. The van der Waals surface area contributed by atoms with Gasteiger partial charge in [0.1, 0.15) is 5.75 Å². The summed E-state index contributed by atoms with van der Waals surface area (Å²) in [6.45, 7) is 0.0265. The fraction of sp³-hybridized carbons (Fsp3) is 0.500. The van der Waals surface area contributed by atoms with Gasteiger partial charge in [-0.3, -0.25) is 0 Å². The van der Waals surface area contributed by atoms with Crippen molar-refractivity contribution in [2.45, 2.75) is 12.5 Å². The smallest absolute Gasteiger partial charge is 0.164 e. The van der Waals surface area contributed by atoms with Crippen molar-refractivity contribution in [2.75, 3.05) is 27.9 Å². The van der Waals surface area contributed by atoms with Crippen LogP contribution in [0.1, 0.15) is 18.0 Å². The van der Waals surface area contributed by atoms with Crippen LogP contribution in [0.15, 0.2) is 12.1 Å². The molecule has 0 saturated carbocycles. The summed E-state index contributed by atoms with van der Waals surface area (Å²) >= 11 is 0. The first-order valence-electron chi connectivity index (χ1n) is 5.34. The van der Waals surface area contributed by atoms with Crippen molar-refractivity contribution in [3.05, 3.63) is 17.7 Å². The molecule has 1 aromatic carbocycles. The van der Waals surface area contributed by atoms with E-state index in [1.54, 1.807) is 33.5 Å². The van der Waals surface area contributed by atoms with Crippen LogP contribution >= 0.6 is 12.4 Å². The summed E-state index contributed by atoms with van der Waals surface area (Å²) in [6.07, 6.45) is 0.464. The van der Waals surface area contributed by atoms with Gasteiger partial charge in [0.2, 0.25) is 0 Å². The van der Waals surface area contributed by atoms with Gasteiger partial charge in [-0.1, -0.05) is 0 Å². The van der Waals surface area contributed by atoms with E-state index in [9.17, 15) is 0 Å². The number of ether oxygens (including phenoxy) is 3. The Hall–Kier alpha value is -1.17. The van der Waals surface area contributed by atoms with Gasteiger partial charge < -0.3 is 25.1 Å². The van der Waals surface area contributed by atoms with E-state index >= 15 is 0 Å². The number of methoxy groups -OCH3 is 3. The molecule has 18 heavy (non-hydrogen) atoms. The van der Waals surface area contributed by atoms with Gasteiger partial charge in [-0.05, 0) is 12.5 Å². The van der Waals surface area contributed by atoms with Crippen molar-refractivity contribution >= 4 is 12.4 Å². The Morgan fingerprint density at radius 1 is 1.06 bits per heavy atom. The Kier molecular flexibility index (Phi) is 7.50. The lowest BCUT2D eigenvalue weighted by molar-refractivity contribution is 0.274. The average Bonchev–Trinajstić information content (AvgIpc) is 2.37. The molecule has 1 aromatic rings. The quantitative estimate of drug-likeness (QED) is 0.825. The van der Waals surface area contributed by atoms with E-state index in [1.807, 2.05) is 0 Å².